The molecule has 0 aliphatic carbocycles. The summed E-state index contributed by atoms with van der Waals surface area (Å²) in [6.45, 7) is 4.65. The molecule has 1 aliphatic heterocycles. The van der Waals surface area contributed by atoms with Gasteiger partial charge in [0.1, 0.15) is 11.5 Å². The van der Waals surface area contributed by atoms with Crippen LogP contribution in [0.3, 0.4) is 0 Å². The highest BCUT2D eigenvalue weighted by molar-refractivity contribution is 7.88. The third-order valence-electron chi connectivity index (χ3n) is 5.31. The van der Waals surface area contributed by atoms with Crippen molar-refractivity contribution in [2.45, 2.75) is 26.3 Å². The fraction of sp³-hybridized carbons (Fsp3) is 0.409. The minimum Gasteiger partial charge on any atom is -0.496 e. The third kappa shape index (κ3) is 5.49. The fourth-order valence-electron chi connectivity index (χ4n) is 3.35. The number of carbonyl (C=O) groups excluding carboxylic acids is 1. The largest absolute Gasteiger partial charge is 0.496 e. The van der Waals surface area contributed by atoms with Crippen molar-refractivity contribution in [3.05, 3.63) is 51.5 Å². The molecule has 3 rings (SSSR count). The molecular formula is C22H26Cl2N2O5S. The van der Waals surface area contributed by atoms with Crippen LogP contribution in [-0.2, 0) is 21.4 Å². The molecule has 0 spiro atoms. The topological polar surface area (TPSA) is 84.9 Å². The van der Waals surface area contributed by atoms with Crippen molar-refractivity contribution < 1.29 is 22.7 Å². The monoisotopic (exact) mass is 500 g/mol. The lowest BCUT2D eigenvalue weighted by molar-refractivity contribution is -0.128. The highest BCUT2D eigenvalue weighted by Crippen LogP contribution is 2.40. The maximum atomic E-state index is 12.3. The average Bonchev–Trinajstić information content (AvgIpc) is 2.68. The van der Waals surface area contributed by atoms with Gasteiger partial charge < -0.3 is 14.8 Å². The van der Waals surface area contributed by atoms with Gasteiger partial charge in [-0.1, -0.05) is 43.1 Å². The predicted octanol–water partition coefficient (Wildman–Crippen LogP) is 4.43. The van der Waals surface area contributed by atoms with Crippen molar-refractivity contribution >= 4 is 39.1 Å². The zero-order valence-electron chi connectivity index (χ0n) is 18.3. The molecule has 0 aromatic heterocycles. The molecule has 32 heavy (non-hydrogen) atoms. The normalized spacial score (nSPS) is 14.8. The SMILES string of the molecule is COc1ccc(Oc2c(Cl)ccc(CNC(=O)C3CN(S(C)(=O)=O)C3)c2Cl)cc1C(C)C. The van der Waals surface area contributed by atoms with Crippen molar-refractivity contribution in [3.8, 4) is 17.2 Å². The van der Waals surface area contributed by atoms with E-state index in [0.717, 1.165) is 17.6 Å². The van der Waals surface area contributed by atoms with E-state index in [1.807, 2.05) is 12.1 Å². The number of rotatable bonds is 8. The van der Waals surface area contributed by atoms with Crippen LogP contribution in [0.2, 0.25) is 10.0 Å². The number of hydrogen-bond acceptors (Lipinski definition) is 5. The van der Waals surface area contributed by atoms with E-state index in [1.54, 1.807) is 25.3 Å². The number of nitrogens with zero attached hydrogens (tertiary/aromatic N) is 1. The van der Waals surface area contributed by atoms with Crippen LogP contribution in [-0.4, -0.2) is 45.1 Å². The number of amides is 1. The zero-order chi connectivity index (χ0) is 23.6. The second kappa shape index (κ2) is 9.87. The summed E-state index contributed by atoms with van der Waals surface area (Å²) >= 11 is 12.9. The number of benzene rings is 2. The molecule has 0 saturated carbocycles. The second-order valence-electron chi connectivity index (χ2n) is 8.00. The Hall–Kier alpha value is -2.00. The highest BCUT2D eigenvalue weighted by Gasteiger charge is 2.37. The van der Waals surface area contributed by atoms with Gasteiger partial charge in [-0.3, -0.25) is 4.79 Å². The van der Waals surface area contributed by atoms with Gasteiger partial charge in [0.15, 0.2) is 5.75 Å². The van der Waals surface area contributed by atoms with Gasteiger partial charge in [-0.15, -0.1) is 0 Å². The number of halogens is 2. The van der Waals surface area contributed by atoms with Crippen molar-refractivity contribution in [2.24, 2.45) is 5.92 Å². The first-order valence-electron chi connectivity index (χ1n) is 10.1. The Bertz CT molecular complexity index is 1120. The summed E-state index contributed by atoms with van der Waals surface area (Å²) in [5.41, 5.74) is 1.63. The molecule has 7 nitrogen and oxygen atoms in total. The maximum absolute atomic E-state index is 12.3. The summed E-state index contributed by atoms with van der Waals surface area (Å²) in [5.74, 6) is 1.26. The highest BCUT2D eigenvalue weighted by atomic mass is 35.5. The van der Waals surface area contributed by atoms with Gasteiger partial charge in [-0.25, -0.2) is 12.7 Å². The van der Waals surface area contributed by atoms with E-state index >= 15 is 0 Å². The third-order valence-corrected chi connectivity index (χ3v) is 7.26. The number of nitrogens with one attached hydrogen (secondary N) is 1. The van der Waals surface area contributed by atoms with E-state index in [4.69, 9.17) is 32.7 Å². The van der Waals surface area contributed by atoms with Crippen molar-refractivity contribution in [2.75, 3.05) is 26.5 Å². The summed E-state index contributed by atoms with van der Waals surface area (Å²) in [4.78, 5) is 12.3. The standard InChI is InChI=1S/C22H26Cl2N2O5S/c1-13(2)17-9-16(6-8-19(17)30-3)31-21-18(23)7-5-14(20(21)24)10-25-22(27)15-11-26(12-15)32(4,28)29/h5-9,13,15H,10-12H2,1-4H3,(H,25,27). The van der Waals surface area contributed by atoms with Gasteiger partial charge in [-0.2, -0.15) is 0 Å². The molecule has 1 amide bonds. The van der Waals surface area contributed by atoms with Crippen LogP contribution in [0.1, 0.15) is 30.9 Å². The molecule has 1 N–H and O–H groups in total. The van der Waals surface area contributed by atoms with Gasteiger partial charge in [0.05, 0.1) is 29.3 Å². The molecule has 2 aromatic carbocycles. The Kier molecular flexibility index (Phi) is 7.60. The number of methoxy groups -OCH3 is 1. The molecule has 10 heteroatoms. The lowest BCUT2D eigenvalue weighted by atomic mass is 10.0. The average molecular weight is 501 g/mol. The summed E-state index contributed by atoms with van der Waals surface area (Å²) in [6, 6.07) is 8.86. The van der Waals surface area contributed by atoms with Crippen LogP contribution in [0, 0.1) is 5.92 Å². The Morgan fingerprint density at radius 3 is 2.50 bits per heavy atom. The van der Waals surface area contributed by atoms with E-state index in [1.165, 1.54) is 4.31 Å². The Labute approximate surface area is 198 Å². The van der Waals surface area contributed by atoms with E-state index in [0.29, 0.717) is 27.1 Å². The molecule has 2 aromatic rings. The molecule has 0 radical (unpaired) electrons. The fourth-order valence-corrected chi connectivity index (χ4v) is 4.77. The van der Waals surface area contributed by atoms with Crippen LogP contribution in [0.4, 0.5) is 0 Å². The Morgan fingerprint density at radius 1 is 1.22 bits per heavy atom. The molecule has 174 valence electrons. The smallest absolute Gasteiger partial charge is 0.226 e. The van der Waals surface area contributed by atoms with Gasteiger partial charge in [0, 0.05) is 25.2 Å². The van der Waals surface area contributed by atoms with Crippen LogP contribution >= 0.6 is 23.2 Å². The number of sulfonamides is 1. The summed E-state index contributed by atoms with van der Waals surface area (Å²) in [7, 11) is -1.65. The molecule has 1 saturated heterocycles. The lowest BCUT2D eigenvalue weighted by Gasteiger charge is -2.35. The van der Waals surface area contributed by atoms with E-state index in [-0.39, 0.29) is 37.4 Å². The lowest BCUT2D eigenvalue weighted by Crippen LogP contribution is -2.55. The molecule has 1 aliphatic rings. The summed E-state index contributed by atoms with van der Waals surface area (Å²) < 4.78 is 35.6. The van der Waals surface area contributed by atoms with Crippen LogP contribution in [0.25, 0.3) is 0 Å². The molecule has 0 unspecified atom stereocenters. The number of carbonyl (C=O) groups is 1. The summed E-state index contributed by atoms with van der Waals surface area (Å²) in [5, 5.41) is 3.44. The predicted molar refractivity (Wildman–Crippen MR) is 125 cm³/mol. The van der Waals surface area contributed by atoms with Crippen molar-refractivity contribution in [1.29, 1.82) is 0 Å². The molecule has 0 bridgehead atoms. The number of ether oxygens (including phenoxy) is 2. The van der Waals surface area contributed by atoms with E-state index in [9.17, 15) is 13.2 Å². The van der Waals surface area contributed by atoms with Crippen LogP contribution in [0.5, 0.6) is 17.2 Å². The number of hydrogen-bond donors (Lipinski definition) is 1. The van der Waals surface area contributed by atoms with Gasteiger partial charge in [0.25, 0.3) is 0 Å². The first-order chi connectivity index (χ1) is 15.0. The minimum atomic E-state index is -3.27. The quantitative estimate of drug-likeness (QED) is 0.579. The van der Waals surface area contributed by atoms with Crippen molar-refractivity contribution in [3.63, 3.8) is 0 Å². The first kappa shape index (κ1) is 24.6. The van der Waals surface area contributed by atoms with Gasteiger partial charge in [0.2, 0.25) is 15.9 Å². The molecular weight excluding hydrogens is 475 g/mol. The van der Waals surface area contributed by atoms with E-state index in [2.05, 4.69) is 19.2 Å². The minimum absolute atomic E-state index is 0.167. The van der Waals surface area contributed by atoms with Gasteiger partial charge in [-0.05, 0) is 35.7 Å². The first-order valence-corrected chi connectivity index (χ1v) is 12.7. The van der Waals surface area contributed by atoms with Gasteiger partial charge >= 0.3 is 0 Å². The molecule has 1 heterocycles. The van der Waals surface area contributed by atoms with E-state index < -0.39 is 10.0 Å². The molecule has 1 fully saturated rings. The second-order valence-corrected chi connectivity index (χ2v) is 10.8. The van der Waals surface area contributed by atoms with Crippen LogP contribution in [0.15, 0.2) is 30.3 Å². The zero-order valence-corrected chi connectivity index (χ0v) is 20.6. The summed E-state index contributed by atoms with van der Waals surface area (Å²) in [6.07, 6.45) is 1.13. The van der Waals surface area contributed by atoms with Crippen LogP contribution < -0.4 is 14.8 Å². The molecule has 0 atom stereocenters. The maximum Gasteiger partial charge on any atom is 0.226 e. The Balaban J connectivity index is 1.71. The van der Waals surface area contributed by atoms with Crippen molar-refractivity contribution in [1.82, 2.24) is 9.62 Å². The Morgan fingerprint density at radius 2 is 1.91 bits per heavy atom.